The van der Waals surface area contributed by atoms with Gasteiger partial charge in [-0.1, -0.05) is 11.4 Å². The first-order chi connectivity index (χ1) is 4.52. The third-order valence-electron chi connectivity index (χ3n) is 1.20. The fourth-order valence-corrected chi connectivity index (χ4v) is 4.48. The molecule has 0 aliphatic heterocycles. The molecule has 0 unspecified atom stereocenters. The van der Waals surface area contributed by atoms with Crippen molar-refractivity contribution in [3.8, 4) is 0 Å². The summed E-state index contributed by atoms with van der Waals surface area (Å²) in [7, 11) is -2.27. The first-order valence-corrected chi connectivity index (χ1v) is 8.27. The molecule has 0 heterocycles. The quantitative estimate of drug-likeness (QED) is 0.694. The van der Waals surface area contributed by atoms with Crippen molar-refractivity contribution in [1.82, 2.24) is 0 Å². The van der Waals surface area contributed by atoms with Crippen LogP contribution in [0.4, 0.5) is 0 Å². The molecule has 0 rings (SSSR count). The summed E-state index contributed by atoms with van der Waals surface area (Å²) < 4.78 is 5.74. The van der Waals surface area contributed by atoms with Crippen LogP contribution in [0.5, 0.6) is 0 Å². The predicted molar refractivity (Wildman–Crippen MR) is 50.6 cm³/mol. The van der Waals surface area contributed by atoms with E-state index in [0.717, 1.165) is 0 Å². The smallest absolute Gasteiger partial charge is 0.223 e. The van der Waals surface area contributed by atoms with Crippen molar-refractivity contribution in [2.24, 2.45) is 0 Å². The van der Waals surface area contributed by atoms with Gasteiger partial charge in [0.1, 0.15) is 0 Å². The molecule has 0 aromatic rings. The summed E-state index contributed by atoms with van der Waals surface area (Å²) in [5, 5.41) is 0. The Kier molecular flexibility index (Phi) is 7.85. The summed E-state index contributed by atoms with van der Waals surface area (Å²) in [5.41, 5.74) is 3.85. The van der Waals surface area contributed by atoms with Crippen LogP contribution in [0.1, 0.15) is 0 Å². The molecule has 0 saturated carbocycles. The van der Waals surface area contributed by atoms with Gasteiger partial charge in [-0.2, -0.15) is 0 Å². The SMILES string of the molecule is C=C[Si](C)O[Si](C)(C)C=C.[Pt]. The van der Waals surface area contributed by atoms with Gasteiger partial charge in [-0.3, -0.25) is 0 Å². The minimum Gasteiger partial charge on any atom is -0.450 e. The Bertz CT molecular complexity index is 136. The van der Waals surface area contributed by atoms with Crippen LogP contribution in [0.2, 0.25) is 19.6 Å². The van der Waals surface area contributed by atoms with Crippen LogP contribution < -0.4 is 0 Å². The topological polar surface area (TPSA) is 9.23 Å². The number of rotatable bonds is 4. The van der Waals surface area contributed by atoms with Gasteiger partial charge in [-0.05, 0) is 19.6 Å². The summed E-state index contributed by atoms with van der Waals surface area (Å²) in [6.07, 6.45) is 0. The minimum atomic E-state index is -1.52. The molecule has 0 N–H and O–H groups in total. The third kappa shape index (κ3) is 6.94. The molecule has 0 amide bonds. The van der Waals surface area contributed by atoms with Crippen molar-refractivity contribution >= 4 is 17.4 Å². The Morgan fingerprint density at radius 1 is 1.36 bits per heavy atom. The molecule has 11 heavy (non-hydrogen) atoms. The van der Waals surface area contributed by atoms with E-state index in [4.69, 9.17) is 4.12 Å². The molecule has 0 fully saturated rings. The van der Waals surface area contributed by atoms with Gasteiger partial charge in [0.15, 0.2) is 8.32 Å². The largest absolute Gasteiger partial charge is 0.450 e. The summed E-state index contributed by atoms with van der Waals surface area (Å²) in [4.78, 5) is 0. The summed E-state index contributed by atoms with van der Waals surface area (Å²) in [5.74, 6) is 0. The molecular weight excluding hydrogens is 351 g/mol. The van der Waals surface area contributed by atoms with Gasteiger partial charge in [0.25, 0.3) is 0 Å². The fraction of sp³-hybridized carbons (Fsp3) is 0.429. The predicted octanol–water partition coefficient (Wildman–Crippen LogP) is 2.28. The molecule has 0 aliphatic carbocycles. The van der Waals surface area contributed by atoms with E-state index in [2.05, 4.69) is 32.8 Å². The van der Waals surface area contributed by atoms with E-state index in [-0.39, 0.29) is 21.1 Å². The molecule has 67 valence electrons. The summed E-state index contributed by atoms with van der Waals surface area (Å²) >= 11 is 0. The van der Waals surface area contributed by atoms with Crippen LogP contribution in [0.15, 0.2) is 24.6 Å². The van der Waals surface area contributed by atoms with Gasteiger partial charge in [-0.15, -0.1) is 13.2 Å². The molecule has 1 radical (unpaired) electrons. The van der Waals surface area contributed by atoms with E-state index in [1.165, 1.54) is 0 Å². The van der Waals surface area contributed by atoms with Crippen molar-refractivity contribution in [3.63, 3.8) is 0 Å². The monoisotopic (exact) mass is 366 g/mol. The Balaban J connectivity index is 0. The first-order valence-electron chi connectivity index (χ1n) is 3.30. The van der Waals surface area contributed by atoms with E-state index < -0.39 is 17.4 Å². The molecule has 0 atom stereocenters. The standard InChI is InChI=1S/C7H15OSi2.Pt/c1-6-9(3)8-10(4,5)7-2;/h6-7H,1-2H2,3-5H3;. The van der Waals surface area contributed by atoms with Gasteiger partial charge in [0.2, 0.25) is 9.04 Å². The number of hydrogen-bond donors (Lipinski definition) is 0. The summed E-state index contributed by atoms with van der Waals surface area (Å²) in [6.45, 7) is 13.8. The maximum absolute atomic E-state index is 5.74. The van der Waals surface area contributed by atoms with E-state index in [1.54, 1.807) is 0 Å². The van der Waals surface area contributed by atoms with Crippen molar-refractivity contribution in [2.75, 3.05) is 0 Å². The van der Waals surface area contributed by atoms with Gasteiger partial charge in [-0.25, -0.2) is 0 Å². The van der Waals surface area contributed by atoms with Crippen LogP contribution in [-0.4, -0.2) is 17.4 Å². The molecule has 0 saturated heterocycles. The Hall–Kier alpha value is 0.562. The van der Waals surface area contributed by atoms with Crippen molar-refractivity contribution in [3.05, 3.63) is 24.6 Å². The molecule has 0 spiro atoms. The van der Waals surface area contributed by atoms with Crippen LogP contribution in [0.3, 0.4) is 0 Å². The normalized spacial score (nSPS) is 10.5. The zero-order valence-corrected chi connectivity index (χ0v) is 11.6. The molecule has 1 nitrogen and oxygen atoms in total. The molecule has 0 aromatic heterocycles. The van der Waals surface area contributed by atoms with Crippen LogP contribution >= 0.6 is 0 Å². The van der Waals surface area contributed by atoms with Crippen molar-refractivity contribution in [1.29, 1.82) is 0 Å². The minimum absolute atomic E-state index is 0. The summed E-state index contributed by atoms with van der Waals surface area (Å²) in [6, 6.07) is 0. The average Bonchev–Trinajstić information content (AvgIpc) is 1.87. The van der Waals surface area contributed by atoms with Crippen molar-refractivity contribution < 1.29 is 25.2 Å². The van der Waals surface area contributed by atoms with Crippen LogP contribution in [0.25, 0.3) is 0 Å². The average molecular weight is 366 g/mol. The fourth-order valence-electron chi connectivity index (χ4n) is 0.498. The molecule has 0 aromatic carbocycles. The van der Waals surface area contributed by atoms with Crippen LogP contribution in [0, 0.1) is 0 Å². The Morgan fingerprint density at radius 2 is 1.82 bits per heavy atom. The van der Waals surface area contributed by atoms with Crippen molar-refractivity contribution in [2.45, 2.75) is 19.6 Å². The van der Waals surface area contributed by atoms with Gasteiger partial charge < -0.3 is 4.12 Å². The maximum atomic E-state index is 5.74. The second kappa shape index (κ2) is 6.12. The van der Waals surface area contributed by atoms with E-state index in [0.29, 0.717) is 0 Å². The van der Waals surface area contributed by atoms with Gasteiger partial charge >= 0.3 is 0 Å². The molecular formula is C7H15OPtSi2. The first kappa shape index (κ1) is 14.1. The Morgan fingerprint density at radius 3 is 2.09 bits per heavy atom. The molecule has 0 aliphatic rings. The van der Waals surface area contributed by atoms with E-state index >= 15 is 0 Å². The maximum Gasteiger partial charge on any atom is 0.223 e. The van der Waals surface area contributed by atoms with E-state index in [1.807, 2.05) is 11.4 Å². The number of hydrogen-bond acceptors (Lipinski definition) is 1. The molecule has 4 heteroatoms. The van der Waals surface area contributed by atoms with E-state index in [9.17, 15) is 0 Å². The molecule has 0 bridgehead atoms. The second-order valence-corrected chi connectivity index (χ2v) is 8.79. The zero-order valence-electron chi connectivity index (χ0n) is 7.29. The van der Waals surface area contributed by atoms with Gasteiger partial charge in [0.05, 0.1) is 0 Å². The second-order valence-electron chi connectivity index (χ2n) is 2.72. The third-order valence-corrected chi connectivity index (χ3v) is 6.15. The Labute approximate surface area is 86.7 Å². The van der Waals surface area contributed by atoms with Gasteiger partial charge in [0, 0.05) is 21.1 Å². The zero-order chi connectivity index (χ0) is 8.20. The van der Waals surface area contributed by atoms with Crippen LogP contribution in [-0.2, 0) is 25.2 Å².